The molecule has 2 aromatic rings. The normalized spacial score (nSPS) is 16.5. The number of rotatable bonds is 2. The van der Waals surface area contributed by atoms with Gasteiger partial charge in [0.2, 0.25) is 5.91 Å². The summed E-state index contributed by atoms with van der Waals surface area (Å²) in [7, 11) is 0. The molecule has 0 aliphatic carbocycles. The number of hydrogen-bond acceptors (Lipinski definition) is 2. The van der Waals surface area contributed by atoms with Crippen LogP contribution in [0.2, 0.25) is 0 Å². The Hall–Kier alpha value is -1.77. The van der Waals surface area contributed by atoms with Crippen LogP contribution in [0.3, 0.4) is 0 Å². The fraction of sp³-hybridized carbons (Fsp3) is 0.526. The van der Waals surface area contributed by atoms with E-state index in [0.717, 1.165) is 42.5 Å². The maximum absolute atomic E-state index is 12.6. The van der Waals surface area contributed by atoms with Crippen molar-refractivity contribution < 1.29 is 9.21 Å². The summed E-state index contributed by atoms with van der Waals surface area (Å²) < 4.78 is 5.72. The van der Waals surface area contributed by atoms with Crippen LogP contribution in [0, 0.1) is 13.8 Å². The predicted octanol–water partition coefficient (Wildman–Crippen LogP) is 4.38. The van der Waals surface area contributed by atoms with E-state index >= 15 is 0 Å². The van der Waals surface area contributed by atoms with Crippen LogP contribution in [0.4, 0.5) is 0 Å². The maximum Gasteiger partial charge on any atom is 0.227 e. The number of carbonyl (C=O) groups is 1. The molecule has 1 amide bonds. The van der Waals surface area contributed by atoms with Gasteiger partial charge in [-0.2, -0.15) is 0 Å². The van der Waals surface area contributed by atoms with Crippen molar-refractivity contribution in [2.24, 2.45) is 0 Å². The molecular weight excluding hydrogens is 274 g/mol. The third kappa shape index (κ3) is 3.03. The van der Waals surface area contributed by atoms with Gasteiger partial charge in [0, 0.05) is 24.0 Å². The van der Waals surface area contributed by atoms with E-state index in [9.17, 15) is 4.79 Å². The third-order valence-electron chi connectivity index (χ3n) is 4.89. The van der Waals surface area contributed by atoms with E-state index in [0.29, 0.717) is 6.42 Å². The van der Waals surface area contributed by atoms with Crippen LogP contribution in [0.25, 0.3) is 11.0 Å². The Balaban J connectivity index is 1.77. The molecule has 3 rings (SSSR count). The minimum Gasteiger partial charge on any atom is -0.464 e. The highest BCUT2D eigenvalue weighted by Gasteiger charge is 2.18. The van der Waals surface area contributed by atoms with E-state index < -0.39 is 0 Å². The number of likely N-dealkylation sites (tertiary alicyclic amines) is 1. The average Bonchev–Trinajstić information content (AvgIpc) is 2.86. The molecule has 0 bridgehead atoms. The number of amides is 1. The van der Waals surface area contributed by atoms with Crippen molar-refractivity contribution in [2.45, 2.75) is 52.4 Å². The smallest absolute Gasteiger partial charge is 0.227 e. The van der Waals surface area contributed by atoms with E-state index in [4.69, 9.17) is 4.42 Å². The van der Waals surface area contributed by atoms with Crippen molar-refractivity contribution in [1.82, 2.24) is 4.90 Å². The summed E-state index contributed by atoms with van der Waals surface area (Å²) in [5.41, 5.74) is 4.34. The molecule has 0 N–H and O–H groups in total. The second kappa shape index (κ2) is 6.55. The van der Waals surface area contributed by atoms with Gasteiger partial charge in [0.05, 0.1) is 12.7 Å². The zero-order chi connectivity index (χ0) is 15.5. The summed E-state index contributed by atoms with van der Waals surface area (Å²) in [6.45, 7) is 5.98. The number of aryl methyl sites for hydroxylation is 2. The van der Waals surface area contributed by atoms with Crippen molar-refractivity contribution in [3.05, 3.63) is 35.1 Å². The van der Waals surface area contributed by atoms with E-state index in [1.165, 1.54) is 30.4 Å². The van der Waals surface area contributed by atoms with Gasteiger partial charge in [-0.15, -0.1) is 0 Å². The Morgan fingerprint density at radius 1 is 1.09 bits per heavy atom. The van der Waals surface area contributed by atoms with E-state index in [-0.39, 0.29) is 5.91 Å². The van der Waals surface area contributed by atoms with Gasteiger partial charge in [-0.05, 0) is 37.8 Å². The van der Waals surface area contributed by atoms with Gasteiger partial charge in [0.15, 0.2) is 0 Å². The van der Waals surface area contributed by atoms with Crippen molar-refractivity contribution in [1.29, 1.82) is 0 Å². The molecular formula is C19H25NO2. The largest absolute Gasteiger partial charge is 0.464 e. The molecule has 0 spiro atoms. The van der Waals surface area contributed by atoms with Gasteiger partial charge < -0.3 is 9.32 Å². The number of hydrogen-bond donors (Lipinski definition) is 0. The highest BCUT2D eigenvalue weighted by Crippen LogP contribution is 2.27. The highest BCUT2D eigenvalue weighted by molar-refractivity contribution is 5.89. The Kier molecular flexibility index (Phi) is 4.51. The minimum absolute atomic E-state index is 0.239. The molecule has 3 heteroatoms. The van der Waals surface area contributed by atoms with E-state index in [2.05, 4.69) is 26.0 Å². The van der Waals surface area contributed by atoms with Gasteiger partial charge in [0.1, 0.15) is 5.58 Å². The Morgan fingerprint density at radius 3 is 2.50 bits per heavy atom. The molecule has 1 saturated heterocycles. The van der Waals surface area contributed by atoms with Crippen molar-refractivity contribution >= 4 is 16.9 Å². The molecule has 22 heavy (non-hydrogen) atoms. The lowest BCUT2D eigenvalue weighted by atomic mass is 10.0. The van der Waals surface area contributed by atoms with Gasteiger partial charge in [-0.3, -0.25) is 4.79 Å². The highest BCUT2D eigenvalue weighted by atomic mass is 16.3. The molecule has 0 atom stereocenters. The SMILES string of the molecule is Cc1ccc2c(CC(=O)N3CCCCCCC3)coc2c1C. The lowest BCUT2D eigenvalue weighted by Gasteiger charge is -2.24. The van der Waals surface area contributed by atoms with Crippen LogP contribution in [-0.2, 0) is 11.2 Å². The molecule has 1 aliphatic heterocycles. The van der Waals surface area contributed by atoms with Gasteiger partial charge >= 0.3 is 0 Å². The van der Waals surface area contributed by atoms with Crippen LogP contribution >= 0.6 is 0 Å². The molecule has 1 aromatic heterocycles. The van der Waals surface area contributed by atoms with Crippen LogP contribution in [0.5, 0.6) is 0 Å². The number of fused-ring (bicyclic) bond motifs is 1. The third-order valence-corrected chi connectivity index (χ3v) is 4.89. The fourth-order valence-electron chi connectivity index (χ4n) is 3.30. The Morgan fingerprint density at radius 2 is 1.77 bits per heavy atom. The zero-order valence-electron chi connectivity index (χ0n) is 13.7. The second-order valence-corrected chi connectivity index (χ2v) is 6.47. The summed E-state index contributed by atoms with van der Waals surface area (Å²) in [4.78, 5) is 14.7. The second-order valence-electron chi connectivity index (χ2n) is 6.47. The first-order valence-corrected chi connectivity index (χ1v) is 8.41. The molecule has 2 heterocycles. The molecule has 1 aliphatic rings. The Labute approximate surface area is 132 Å². The fourth-order valence-corrected chi connectivity index (χ4v) is 3.30. The predicted molar refractivity (Wildman–Crippen MR) is 89.1 cm³/mol. The zero-order valence-corrected chi connectivity index (χ0v) is 13.7. The molecule has 0 radical (unpaired) electrons. The quantitative estimate of drug-likeness (QED) is 0.824. The van der Waals surface area contributed by atoms with E-state index in [1.807, 2.05) is 4.90 Å². The monoisotopic (exact) mass is 299 g/mol. The van der Waals surface area contributed by atoms with Gasteiger partial charge in [0.25, 0.3) is 0 Å². The molecule has 1 fully saturated rings. The van der Waals surface area contributed by atoms with Crippen LogP contribution in [0.1, 0.15) is 48.8 Å². The maximum atomic E-state index is 12.6. The first kappa shape index (κ1) is 15.1. The molecule has 118 valence electrons. The number of furan rings is 1. The molecule has 0 saturated carbocycles. The van der Waals surface area contributed by atoms with Crippen LogP contribution in [0.15, 0.2) is 22.8 Å². The van der Waals surface area contributed by atoms with Gasteiger partial charge in [-0.25, -0.2) is 0 Å². The first-order valence-electron chi connectivity index (χ1n) is 8.41. The minimum atomic E-state index is 0.239. The standard InChI is InChI=1S/C19H25NO2/c1-14-8-9-17-16(13-22-19(17)15(14)2)12-18(21)20-10-6-4-3-5-7-11-20/h8-9,13H,3-7,10-12H2,1-2H3. The molecule has 1 aromatic carbocycles. The van der Waals surface area contributed by atoms with Crippen molar-refractivity contribution in [2.75, 3.05) is 13.1 Å². The topological polar surface area (TPSA) is 33.5 Å². The van der Waals surface area contributed by atoms with Crippen molar-refractivity contribution in [3.8, 4) is 0 Å². The first-order chi connectivity index (χ1) is 10.7. The lowest BCUT2D eigenvalue weighted by Crippen LogP contribution is -2.34. The van der Waals surface area contributed by atoms with Crippen LogP contribution in [-0.4, -0.2) is 23.9 Å². The summed E-state index contributed by atoms with van der Waals surface area (Å²) in [5, 5.41) is 1.09. The lowest BCUT2D eigenvalue weighted by molar-refractivity contribution is -0.130. The molecule has 0 unspecified atom stereocenters. The number of benzene rings is 1. The Bertz CT molecular complexity index is 663. The number of nitrogens with zero attached hydrogens (tertiary/aromatic N) is 1. The number of carbonyl (C=O) groups excluding carboxylic acids is 1. The van der Waals surface area contributed by atoms with Crippen molar-refractivity contribution in [3.63, 3.8) is 0 Å². The summed E-state index contributed by atoms with van der Waals surface area (Å²) in [5.74, 6) is 0.239. The van der Waals surface area contributed by atoms with Crippen LogP contribution < -0.4 is 0 Å². The summed E-state index contributed by atoms with van der Waals surface area (Å²) in [6.07, 6.45) is 8.29. The van der Waals surface area contributed by atoms with E-state index in [1.54, 1.807) is 6.26 Å². The average molecular weight is 299 g/mol. The molecule has 3 nitrogen and oxygen atoms in total. The van der Waals surface area contributed by atoms with Gasteiger partial charge in [-0.1, -0.05) is 31.4 Å². The summed E-state index contributed by atoms with van der Waals surface area (Å²) in [6, 6.07) is 4.19. The summed E-state index contributed by atoms with van der Waals surface area (Å²) >= 11 is 0.